The minimum absolute atomic E-state index is 0.0753. The lowest BCUT2D eigenvalue weighted by Crippen LogP contribution is -2.46. The molecule has 0 bridgehead atoms. The van der Waals surface area contributed by atoms with Gasteiger partial charge in [-0.15, -0.1) is 0 Å². The van der Waals surface area contributed by atoms with Gasteiger partial charge in [-0.05, 0) is 73.8 Å². The van der Waals surface area contributed by atoms with Crippen molar-refractivity contribution in [2.45, 2.75) is 63.7 Å². The molecule has 2 aromatic rings. The van der Waals surface area contributed by atoms with Crippen LogP contribution in [0.2, 0.25) is 10.0 Å². The van der Waals surface area contributed by atoms with E-state index in [1.807, 2.05) is 0 Å². The zero-order valence-electron chi connectivity index (χ0n) is 19.5. The highest BCUT2D eigenvalue weighted by molar-refractivity contribution is 7.88. The monoisotopic (exact) mass is 522 g/mol. The first kappa shape index (κ1) is 25.5. The maximum absolute atomic E-state index is 13.2. The van der Waals surface area contributed by atoms with Crippen LogP contribution in [0.5, 0.6) is 0 Å². The molecule has 2 aromatic carbocycles. The number of rotatable bonds is 7. The summed E-state index contributed by atoms with van der Waals surface area (Å²) in [4.78, 5) is 13.2. The number of hydrogen-bond acceptors (Lipinski definition) is 3. The predicted octanol–water partition coefficient (Wildman–Crippen LogP) is 5.68. The fraction of sp³-hybridized carbons (Fsp3) is 0.500. The molecular formula is C26H32Cl2N2O3S. The summed E-state index contributed by atoms with van der Waals surface area (Å²) in [5, 5.41) is 3.86. The predicted molar refractivity (Wildman–Crippen MR) is 138 cm³/mol. The smallest absolute Gasteiger partial charge is 0.224 e. The van der Waals surface area contributed by atoms with Crippen molar-refractivity contribution in [1.29, 1.82) is 0 Å². The molecule has 1 saturated heterocycles. The quantitative estimate of drug-likeness (QED) is 0.508. The summed E-state index contributed by atoms with van der Waals surface area (Å²) in [6, 6.07) is 11.5. The molecule has 5 nitrogen and oxygen atoms in total. The van der Waals surface area contributed by atoms with Gasteiger partial charge < -0.3 is 5.32 Å². The lowest BCUT2D eigenvalue weighted by molar-refractivity contribution is -0.126. The van der Waals surface area contributed by atoms with Gasteiger partial charge >= 0.3 is 0 Å². The van der Waals surface area contributed by atoms with Gasteiger partial charge in [-0.25, -0.2) is 12.7 Å². The first-order valence-electron chi connectivity index (χ1n) is 12.1. The highest BCUT2D eigenvalue weighted by Gasteiger charge is 2.34. The van der Waals surface area contributed by atoms with Crippen LogP contribution in [0.4, 0.5) is 0 Å². The Labute approximate surface area is 212 Å². The summed E-state index contributed by atoms with van der Waals surface area (Å²) in [6.45, 7) is 2.64. The molecule has 2 aliphatic rings. The van der Waals surface area contributed by atoms with Gasteiger partial charge in [0, 0.05) is 28.7 Å². The largest absolute Gasteiger partial charge is 0.349 e. The van der Waals surface area contributed by atoms with E-state index in [-0.39, 0.29) is 30.2 Å². The molecule has 0 radical (unpaired) electrons. The lowest BCUT2D eigenvalue weighted by atomic mass is 9.88. The highest BCUT2D eigenvalue weighted by Crippen LogP contribution is 2.30. The van der Waals surface area contributed by atoms with Crippen LogP contribution in [0.15, 0.2) is 36.4 Å². The van der Waals surface area contributed by atoms with E-state index < -0.39 is 10.0 Å². The van der Waals surface area contributed by atoms with Crippen LogP contribution in [0.1, 0.15) is 67.3 Å². The van der Waals surface area contributed by atoms with E-state index in [1.165, 1.54) is 28.3 Å². The van der Waals surface area contributed by atoms with E-state index >= 15 is 0 Å². The van der Waals surface area contributed by atoms with Crippen LogP contribution >= 0.6 is 23.2 Å². The molecule has 34 heavy (non-hydrogen) atoms. The summed E-state index contributed by atoms with van der Waals surface area (Å²) in [7, 11) is -3.66. The SMILES string of the molecule is CC[C@@H](NC(=O)[C@H]1CCCN(S(=O)(=O)Cc2c(Cl)cccc2Cl)C1)c1ccc2c(c1)CCCC2. The summed E-state index contributed by atoms with van der Waals surface area (Å²) in [6.07, 6.45) is 6.78. The fourth-order valence-electron chi connectivity index (χ4n) is 5.03. The van der Waals surface area contributed by atoms with Crippen molar-refractivity contribution >= 4 is 39.1 Å². The Bertz CT molecular complexity index is 1130. The molecule has 0 spiro atoms. The van der Waals surface area contributed by atoms with Crippen molar-refractivity contribution in [3.63, 3.8) is 0 Å². The van der Waals surface area contributed by atoms with Crippen molar-refractivity contribution in [1.82, 2.24) is 9.62 Å². The van der Waals surface area contributed by atoms with Gasteiger partial charge in [-0.1, -0.05) is 54.4 Å². The normalized spacial score (nSPS) is 19.9. The number of carbonyl (C=O) groups is 1. The molecule has 1 heterocycles. The van der Waals surface area contributed by atoms with Crippen LogP contribution in [-0.4, -0.2) is 31.7 Å². The number of piperidine rings is 1. The molecule has 1 amide bonds. The number of fused-ring (bicyclic) bond motifs is 1. The second-order valence-corrected chi connectivity index (χ2v) is 12.1. The Morgan fingerprint density at radius 3 is 2.50 bits per heavy atom. The van der Waals surface area contributed by atoms with Gasteiger partial charge in [0.25, 0.3) is 0 Å². The Morgan fingerprint density at radius 2 is 1.79 bits per heavy atom. The standard InChI is InChI=1S/C26H32Cl2N2O3S/c1-2-25(20-13-12-18-7-3-4-8-19(18)15-20)29-26(31)21-9-6-14-30(16-21)34(32,33)17-22-23(27)10-5-11-24(22)28/h5,10-13,15,21,25H,2-4,6-9,14,16-17H2,1H3,(H,29,31)/t21-,25+/m0/s1. The third-order valence-corrected chi connectivity index (χ3v) is 9.52. The van der Waals surface area contributed by atoms with Crippen LogP contribution in [0, 0.1) is 5.92 Å². The molecule has 4 rings (SSSR count). The van der Waals surface area contributed by atoms with E-state index in [4.69, 9.17) is 23.2 Å². The second-order valence-electron chi connectivity index (χ2n) is 9.36. The number of sulfonamides is 1. The minimum atomic E-state index is -3.66. The Hall–Kier alpha value is -1.60. The van der Waals surface area contributed by atoms with Crippen LogP contribution in [0.3, 0.4) is 0 Å². The third kappa shape index (κ3) is 5.78. The van der Waals surface area contributed by atoms with Gasteiger partial charge in [-0.3, -0.25) is 4.79 Å². The van der Waals surface area contributed by atoms with Crippen molar-refractivity contribution < 1.29 is 13.2 Å². The van der Waals surface area contributed by atoms with E-state index in [9.17, 15) is 13.2 Å². The van der Waals surface area contributed by atoms with Crippen LogP contribution < -0.4 is 5.32 Å². The third-order valence-electron chi connectivity index (χ3n) is 7.04. The summed E-state index contributed by atoms with van der Waals surface area (Å²) < 4.78 is 27.7. The summed E-state index contributed by atoms with van der Waals surface area (Å²) in [5.41, 5.74) is 4.34. The lowest BCUT2D eigenvalue weighted by Gasteiger charge is -2.32. The molecule has 0 aromatic heterocycles. The molecule has 1 aliphatic carbocycles. The minimum Gasteiger partial charge on any atom is -0.349 e. The Balaban J connectivity index is 1.43. The van der Waals surface area contributed by atoms with Crippen molar-refractivity contribution in [2.75, 3.05) is 13.1 Å². The number of amides is 1. The molecule has 8 heteroatoms. The number of halogens is 2. The zero-order valence-corrected chi connectivity index (χ0v) is 21.9. The number of aryl methyl sites for hydroxylation is 2. The maximum atomic E-state index is 13.2. The first-order valence-corrected chi connectivity index (χ1v) is 14.5. The van der Waals surface area contributed by atoms with Gasteiger partial charge in [0.15, 0.2) is 0 Å². The molecule has 0 unspecified atom stereocenters. The van der Waals surface area contributed by atoms with Crippen molar-refractivity contribution in [3.05, 3.63) is 68.7 Å². The number of benzene rings is 2. The maximum Gasteiger partial charge on any atom is 0.224 e. The molecule has 184 valence electrons. The second kappa shape index (κ2) is 11.0. The fourth-order valence-corrected chi connectivity index (χ4v) is 7.40. The van der Waals surface area contributed by atoms with Crippen LogP contribution in [-0.2, 0) is 33.4 Å². The van der Waals surface area contributed by atoms with Gasteiger partial charge in [0.05, 0.1) is 17.7 Å². The topological polar surface area (TPSA) is 66.5 Å². The Morgan fingerprint density at radius 1 is 1.09 bits per heavy atom. The van der Waals surface area contributed by atoms with Gasteiger partial charge in [-0.2, -0.15) is 0 Å². The van der Waals surface area contributed by atoms with E-state index in [2.05, 4.69) is 30.4 Å². The number of hydrogen-bond donors (Lipinski definition) is 1. The molecular weight excluding hydrogens is 491 g/mol. The van der Waals surface area contributed by atoms with Gasteiger partial charge in [0.1, 0.15) is 0 Å². The highest BCUT2D eigenvalue weighted by atomic mass is 35.5. The average molecular weight is 524 g/mol. The number of nitrogens with one attached hydrogen (secondary N) is 1. The van der Waals surface area contributed by atoms with Gasteiger partial charge in [0.2, 0.25) is 15.9 Å². The van der Waals surface area contributed by atoms with Crippen molar-refractivity contribution in [2.24, 2.45) is 5.92 Å². The zero-order chi connectivity index (χ0) is 24.3. The van der Waals surface area contributed by atoms with E-state index in [0.29, 0.717) is 35.0 Å². The molecule has 2 atom stereocenters. The molecule has 0 saturated carbocycles. The molecule has 1 aliphatic heterocycles. The molecule has 1 fully saturated rings. The van der Waals surface area contributed by atoms with E-state index in [0.717, 1.165) is 24.8 Å². The summed E-state index contributed by atoms with van der Waals surface area (Å²) >= 11 is 12.4. The molecule has 1 N–H and O–H groups in total. The van der Waals surface area contributed by atoms with Crippen LogP contribution in [0.25, 0.3) is 0 Å². The Kier molecular flexibility index (Phi) is 8.24. The van der Waals surface area contributed by atoms with Crippen molar-refractivity contribution in [3.8, 4) is 0 Å². The summed E-state index contributed by atoms with van der Waals surface area (Å²) in [5.74, 6) is -0.732. The van der Waals surface area contributed by atoms with E-state index in [1.54, 1.807) is 18.2 Å². The number of carbonyl (C=O) groups excluding carboxylic acids is 1. The average Bonchev–Trinajstić information content (AvgIpc) is 2.84. The first-order chi connectivity index (χ1) is 16.3. The number of nitrogens with zero attached hydrogens (tertiary/aromatic N) is 1.